The van der Waals surface area contributed by atoms with Crippen molar-refractivity contribution in [3.05, 3.63) is 42.4 Å². The Kier molecular flexibility index (Phi) is 2.87. The van der Waals surface area contributed by atoms with E-state index in [2.05, 4.69) is 9.97 Å². The third-order valence-electron chi connectivity index (χ3n) is 2.04. The highest BCUT2D eigenvalue weighted by molar-refractivity contribution is 7.99. The third kappa shape index (κ3) is 2.27. The molecule has 0 bridgehead atoms. The number of para-hydroxylation sites is 1. The number of aryl methyl sites for hydroxylation is 1. The molecule has 76 valence electrons. The van der Waals surface area contributed by atoms with Gasteiger partial charge in [-0.1, -0.05) is 23.9 Å². The minimum Gasteiger partial charge on any atom is -0.398 e. The second-order valence-electron chi connectivity index (χ2n) is 3.13. The molecule has 0 aliphatic rings. The first-order valence-electron chi connectivity index (χ1n) is 4.56. The molecule has 1 aromatic carbocycles. The summed E-state index contributed by atoms with van der Waals surface area (Å²) < 4.78 is 0. The van der Waals surface area contributed by atoms with Gasteiger partial charge in [0.05, 0.1) is 6.20 Å². The maximum absolute atomic E-state index is 5.96. The number of hydrogen-bond acceptors (Lipinski definition) is 4. The van der Waals surface area contributed by atoms with E-state index in [-0.39, 0.29) is 0 Å². The van der Waals surface area contributed by atoms with E-state index in [0.717, 1.165) is 21.2 Å². The van der Waals surface area contributed by atoms with E-state index in [0.29, 0.717) is 0 Å². The monoisotopic (exact) mass is 217 g/mol. The summed E-state index contributed by atoms with van der Waals surface area (Å²) in [5.74, 6) is 0. The molecule has 0 saturated carbocycles. The van der Waals surface area contributed by atoms with Gasteiger partial charge in [-0.3, -0.25) is 4.98 Å². The normalized spacial score (nSPS) is 10.2. The Morgan fingerprint density at radius 1 is 1.27 bits per heavy atom. The van der Waals surface area contributed by atoms with Gasteiger partial charge in [-0.25, -0.2) is 4.98 Å². The highest BCUT2D eigenvalue weighted by atomic mass is 32.2. The van der Waals surface area contributed by atoms with E-state index in [1.165, 1.54) is 11.8 Å². The molecule has 0 atom stereocenters. The number of nitrogens with zero attached hydrogens (tertiary/aromatic N) is 2. The van der Waals surface area contributed by atoms with Crippen LogP contribution in [0, 0.1) is 6.92 Å². The summed E-state index contributed by atoms with van der Waals surface area (Å²) in [7, 11) is 0. The van der Waals surface area contributed by atoms with Gasteiger partial charge in [0.25, 0.3) is 0 Å². The molecule has 0 fully saturated rings. The number of anilines is 1. The molecule has 0 amide bonds. The molecule has 0 radical (unpaired) electrons. The van der Waals surface area contributed by atoms with Gasteiger partial charge in [-0.15, -0.1) is 0 Å². The van der Waals surface area contributed by atoms with Gasteiger partial charge in [-0.2, -0.15) is 0 Å². The minimum absolute atomic E-state index is 0.813. The fourth-order valence-corrected chi connectivity index (χ4v) is 2.06. The van der Waals surface area contributed by atoms with Gasteiger partial charge < -0.3 is 5.73 Å². The number of benzene rings is 1. The first-order valence-corrected chi connectivity index (χ1v) is 5.38. The fourth-order valence-electron chi connectivity index (χ4n) is 1.19. The van der Waals surface area contributed by atoms with E-state index in [1.54, 1.807) is 18.6 Å². The van der Waals surface area contributed by atoms with Crippen LogP contribution in [-0.2, 0) is 0 Å². The fraction of sp³-hybridized carbons (Fsp3) is 0.0909. The Morgan fingerprint density at radius 2 is 2.13 bits per heavy atom. The molecule has 4 heteroatoms. The van der Waals surface area contributed by atoms with Gasteiger partial charge in [0.1, 0.15) is 5.03 Å². The second kappa shape index (κ2) is 4.31. The molecule has 0 aliphatic carbocycles. The Hall–Kier alpha value is -1.55. The van der Waals surface area contributed by atoms with Crippen molar-refractivity contribution in [2.24, 2.45) is 0 Å². The zero-order chi connectivity index (χ0) is 10.7. The Morgan fingerprint density at radius 3 is 2.87 bits per heavy atom. The lowest BCUT2D eigenvalue weighted by atomic mass is 10.2. The van der Waals surface area contributed by atoms with E-state index in [4.69, 9.17) is 5.73 Å². The van der Waals surface area contributed by atoms with Crippen molar-refractivity contribution in [1.82, 2.24) is 9.97 Å². The van der Waals surface area contributed by atoms with Gasteiger partial charge >= 0.3 is 0 Å². The Labute approximate surface area is 92.8 Å². The highest BCUT2D eigenvalue weighted by Gasteiger charge is 2.04. The van der Waals surface area contributed by atoms with Crippen LogP contribution in [0.2, 0.25) is 0 Å². The maximum atomic E-state index is 5.96. The minimum atomic E-state index is 0.813. The summed E-state index contributed by atoms with van der Waals surface area (Å²) in [6, 6.07) is 5.97. The molecule has 2 rings (SSSR count). The zero-order valence-electron chi connectivity index (χ0n) is 8.34. The summed E-state index contributed by atoms with van der Waals surface area (Å²) >= 11 is 1.53. The standard InChI is InChI=1S/C11H11N3S/c1-8-3-2-4-9(11(8)12)15-10-7-13-5-6-14-10/h2-7H,12H2,1H3. The van der Waals surface area contributed by atoms with E-state index >= 15 is 0 Å². The van der Waals surface area contributed by atoms with Gasteiger partial charge in [0.15, 0.2) is 0 Å². The van der Waals surface area contributed by atoms with Gasteiger partial charge in [0, 0.05) is 23.0 Å². The van der Waals surface area contributed by atoms with E-state index in [9.17, 15) is 0 Å². The zero-order valence-corrected chi connectivity index (χ0v) is 9.16. The molecule has 15 heavy (non-hydrogen) atoms. The smallest absolute Gasteiger partial charge is 0.119 e. The van der Waals surface area contributed by atoms with Crippen molar-refractivity contribution in [2.75, 3.05) is 5.73 Å². The van der Waals surface area contributed by atoms with Crippen molar-refractivity contribution in [3.63, 3.8) is 0 Å². The third-order valence-corrected chi connectivity index (χ3v) is 3.03. The van der Waals surface area contributed by atoms with E-state index < -0.39 is 0 Å². The first-order chi connectivity index (χ1) is 7.27. The molecule has 0 spiro atoms. The van der Waals surface area contributed by atoms with Crippen LogP contribution in [0.3, 0.4) is 0 Å². The van der Waals surface area contributed by atoms with Gasteiger partial charge in [-0.05, 0) is 18.6 Å². The molecular weight excluding hydrogens is 206 g/mol. The predicted octanol–water partition coefficient (Wildman–Crippen LogP) is 2.52. The predicted molar refractivity (Wildman–Crippen MR) is 61.7 cm³/mol. The lowest BCUT2D eigenvalue weighted by molar-refractivity contribution is 1.05. The van der Waals surface area contributed by atoms with Crippen LogP contribution in [0.25, 0.3) is 0 Å². The molecule has 0 unspecified atom stereocenters. The Balaban J connectivity index is 2.29. The number of nitrogen functional groups attached to an aromatic ring is 1. The summed E-state index contributed by atoms with van der Waals surface area (Å²) in [4.78, 5) is 9.22. The number of rotatable bonds is 2. The molecule has 0 aliphatic heterocycles. The van der Waals surface area contributed by atoms with Crippen molar-refractivity contribution in [3.8, 4) is 0 Å². The quantitative estimate of drug-likeness (QED) is 0.785. The lowest BCUT2D eigenvalue weighted by Crippen LogP contribution is -1.92. The summed E-state index contributed by atoms with van der Waals surface area (Å²) in [5.41, 5.74) is 7.86. The van der Waals surface area contributed by atoms with Crippen molar-refractivity contribution in [2.45, 2.75) is 16.8 Å². The second-order valence-corrected chi connectivity index (χ2v) is 4.19. The number of hydrogen-bond donors (Lipinski definition) is 1. The SMILES string of the molecule is Cc1cccc(Sc2cnccn2)c1N. The molecule has 2 aromatic rings. The van der Waals surface area contributed by atoms with Crippen LogP contribution >= 0.6 is 11.8 Å². The van der Waals surface area contributed by atoms with E-state index in [1.807, 2.05) is 25.1 Å². The highest BCUT2D eigenvalue weighted by Crippen LogP contribution is 2.31. The summed E-state index contributed by atoms with van der Waals surface area (Å²) in [5, 5.41) is 0.856. The van der Waals surface area contributed by atoms with Crippen LogP contribution in [-0.4, -0.2) is 9.97 Å². The summed E-state index contributed by atoms with van der Waals surface area (Å²) in [6.45, 7) is 2.00. The molecule has 2 N–H and O–H groups in total. The summed E-state index contributed by atoms with van der Waals surface area (Å²) in [6.07, 6.45) is 5.06. The van der Waals surface area contributed by atoms with Crippen LogP contribution in [0.1, 0.15) is 5.56 Å². The maximum Gasteiger partial charge on any atom is 0.119 e. The van der Waals surface area contributed by atoms with Gasteiger partial charge in [0.2, 0.25) is 0 Å². The van der Waals surface area contributed by atoms with Crippen LogP contribution < -0.4 is 5.73 Å². The topological polar surface area (TPSA) is 51.8 Å². The van der Waals surface area contributed by atoms with Crippen LogP contribution in [0.4, 0.5) is 5.69 Å². The Bertz CT molecular complexity index is 457. The molecule has 1 aromatic heterocycles. The molecule has 3 nitrogen and oxygen atoms in total. The van der Waals surface area contributed by atoms with Crippen molar-refractivity contribution < 1.29 is 0 Å². The van der Waals surface area contributed by atoms with Crippen molar-refractivity contribution >= 4 is 17.4 Å². The van der Waals surface area contributed by atoms with Crippen LogP contribution in [0.5, 0.6) is 0 Å². The average molecular weight is 217 g/mol. The first kappa shape index (κ1) is 9.98. The average Bonchev–Trinajstić information content (AvgIpc) is 2.26. The number of nitrogens with two attached hydrogens (primary N) is 1. The molecule has 0 saturated heterocycles. The van der Waals surface area contributed by atoms with Crippen molar-refractivity contribution in [1.29, 1.82) is 0 Å². The molecule has 1 heterocycles. The largest absolute Gasteiger partial charge is 0.398 e. The number of aromatic nitrogens is 2. The van der Waals surface area contributed by atoms with Crippen LogP contribution in [0.15, 0.2) is 46.7 Å². The molecular formula is C11H11N3S. The lowest BCUT2D eigenvalue weighted by Gasteiger charge is -2.06.